The van der Waals surface area contributed by atoms with Crippen molar-refractivity contribution in [2.45, 2.75) is 84.3 Å². The van der Waals surface area contributed by atoms with Crippen LogP contribution in [0.25, 0.3) is 10.7 Å². The van der Waals surface area contributed by atoms with E-state index in [1.807, 2.05) is 70.5 Å². The summed E-state index contributed by atoms with van der Waals surface area (Å²) in [7, 11) is 0. The number of ether oxygens (including phenoxy) is 2. The Kier molecular flexibility index (Phi) is 13.8. The first-order chi connectivity index (χ1) is 22.6. The number of aliphatic carboxylic acids is 1. The molecule has 48 heavy (non-hydrogen) atoms. The van der Waals surface area contributed by atoms with E-state index < -0.39 is 17.2 Å². The molecule has 2 saturated heterocycles. The number of hydrogen-bond donors (Lipinski definition) is 3. The lowest BCUT2D eigenvalue weighted by Crippen LogP contribution is -2.42. The summed E-state index contributed by atoms with van der Waals surface area (Å²) in [5.74, 6) is 0.587. The highest BCUT2D eigenvalue weighted by atomic mass is 32.1. The number of likely N-dealkylation sites (tertiary alicyclic amines) is 2. The van der Waals surface area contributed by atoms with Crippen LogP contribution in [0.4, 0.5) is 9.59 Å². The number of amides is 2. The zero-order valence-corrected chi connectivity index (χ0v) is 29.9. The molecule has 0 unspecified atom stereocenters. The second-order valence-electron chi connectivity index (χ2n) is 13.2. The van der Waals surface area contributed by atoms with Crippen LogP contribution in [0.2, 0.25) is 0 Å². The van der Waals surface area contributed by atoms with Gasteiger partial charge < -0.3 is 39.8 Å². The van der Waals surface area contributed by atoms with E-state index in [-0.39, 0.29) is 29.9 Å². The standard InChI is InChI=1S/C16H21N3O3S.C11H19NO4.C5H6N2OS/c1-16(2,3)21-15(20)19-8-6-11(7-9-19)14-17-13(18-22-14)12-5-4-10-23-12;1-11(2,3)16-10(15)12-6-4-8(5-7-12)9(13)14;6-5(7-8)4-2-1-3-9-4/h4-5,10-11H,6-9H2,1-3H3;8H,4-7H2,1-3H3,(H,13,14);1-3,8H,(H2,6,7). The SMILES string of the molecule is CC(C)(C)OC(=O)N1CCC(C(=O)O)CC1.CC(C)(C)OC(=O)N1CCC(c2nc(-c3cccs3)no2)CC1.N/C(=N\O)c1cccs1. The van der Waals surface area contributed by atoms with Crippen molar-refractivity contribution in [2.75, 3.05) is 26.2 Å². The molecule has 2 aliphatic heterocycles. The van der Waals surface area contributed by atoms with E-state index in [0.717, 1.165) is 22.6 Å². The van der Waals surface area contributed by atoms with Crippen LogP contribution in [0.3, 0.4) is 0 Å². The van der Waals surface area contributed by atoms with Gasteiger partial charge in [0.05, 0.1) is 15.7 Å². The van der Waals surface area contributed by atoms with Crippen LogP contribution in [0, 0.1) is 5.92 Å². The van der Waals surface area contributed by atoms with Gasteiger partial charge in [0.1, 0.15) is 11.2 Å². The topological polar surface area (TPSA) is 194 Å². The fourth-order valence-corrected chi connectivity index (χ4v) is 5.92. The van der Waals surface area contributed by atoms with Crippen LogP contribution in [0.15, 0.2) is 44.7 Å². The van der Waals surface area contributed by atoms with Gasteiger partial charge in [-0.3, -0.25) is 4.79 Å². The summed E-state index contributed by atoms with van der Waals surface area (Å²) in [6.45, 7) is 13.3. The summed E-state index contributed by atoms with van der Waals surface area (Å²) in [6.07, 6.45) is 2.04. The van der Waals surface area contributed by atoms with Crippen LogP contribution >= 0.6 is 22.7 Å². The van der Waals surface area contributed by atoms with E-state index in [1.165, 1.54) is 11.3 Å². The van der Waals surface area contributed by atoms with E-state index in [9.17, 15) is 14.4 Å². The van der Waals surface area contributed by atoms with Gasteiger partial charge in [-0.2, -0.15) is 4.98 Å². The second-order valence-corrected chi connectivity index (χ2v) is 15.1. The lowest BCUT2D eigenvalue weighted by molar-refractivity contribution is -0.143. The van der Waals surface area contributed by atoms with E-state index >= 15 is 0 Å². The second kappa shape index (κ2) is 17.3. The summed E-state index contributed by atoms with van der Waals surface area (Å²) >= 11 is 3.03. The molecule has 14 nitrogen and oxygen atoms in total. The third kappa shape index (κ3) is 12.4. The van der Waals surface area contributed by atoms with E-state index in [0.29, 0.717) is 50.7 Å². The molecule has 0 spiro atoms. The average Bonchev–Trinajstić information content (AvgIpc) is 3.83. The molecular weight excluding hydrogens is 661 g/mol. The maximum Gasteiger partial charge on any atom is 0.410 e. The predicted octanol–water partition coefficient (Wildman–Crippen LogP) is 6.47. The molecule has 2 amide bonds. The Morgan fingerprint density at radius 1 is 0.896 bits per heavy atom. The largest absolute Gasteiger partial charge is 0.481 e. The Hall–Kier alpha value is -4.18. The van der Waals surface area contributed by atoms with Gasteiger partial charge in [0, 0.05) is 32.1 Å². The zero-order chi connectivity index (χ0) is 35.5. The number of nitrogens with two attached hydrogens (primary N) is 1. The minimum atomic E-state index is -0.774. The molecule has 3 aromatic heterocycles. The number of rotatable bonds is 4. The van der Waals surface area contributed by atoms with E-state index in [1.54, 1.807) is 27.2 Å². The molecule has 2 fully saturated rings. The first-order valence-corrected chi connectivity index (χ1v) is 17.4. The number of carboxylic acid groups (broad SMARTS) is 1. The summed E-state index contributed by atoms with van der Waals surface area (Å²) in [5, 5.41) is 27.7. The number of aromatic nitrogens is 2. The Labute approximate surface area is 288 Å². The maximum atomic E-state index is 12.1. The van der Waals surface area contributed by atoms with Gasteiger partial charge >= 0.3 is 18.2 Å². The highest BCUT2D eigenvalue weighted by Crippen LogP contribution is 2.30. The van der Waals surface area contributed by atoms with Crippen molar-refractivity contribution in [3.8, 4) is 10.7 Å². The molecule has 0 aromatic carbocycles. The first kappa shape index (κ1) is 38.3. The minimum Gasteiger partial charge on any atom is -0.481 e. The minimum absolute atomic E-state index is 0.171. The van der Waals surface area contributed by atoms with Gasteiger partial charge in [0.25, 0.3) is 0 Å². The van der Waals surface area contributed by atoms with Gasteiger partial charge in [-0.1, -0.05) is 22.4 Å². The third-order valence-corrected chi connectivity index (χ3v) is 8.81. The average molecular weight is 707 g/mol. The number of carbonyl (C=O) groups excluding carboxylic acids is 2. The normalized spacial score (nSPS) is 16.2. The number of carboxylic acids is 1. The molecule has 0 saturated carbocycles. The van der Waals surface area contributed by atoms with Crippen molar-refractivity contribution in [3.05, 3.63) is 45.8 Å². The van der Waals surface area contributed by atoms with Crippen molar-refractivity contribution in [3.63, 3.8) is 0 Å². The summed E-state index contributed by atoms with van der Waals surface area (Å²) in [4.78, 5) is 44.1. The number of hydrogen-bond acceptors (Lipinski definition) is 12. The number of carbonyl (C=O) groups is 3. The third-order valence-electron chi connectivity index (χ3n) is 7.06. The highest BCUT2D eigenvalue weighted by molar-refractivity contribution is 7.13. The highest BCUT2D eigenvalue weighted by Gasteiger charge is 2.31. The Morgan fingerprint density at radius 3 is 1.85 bits per heavy atom. The molecule has 3 aromatic rings. The van der Waals surface area contributed by atoms with Crippen LogP contribution in [0.5, 0.6) is 0 Å². The molecular formula is C32H46N6O8S2. The van der Waals surface area contributed by atoms with Crippen molar-refractivity contribution >= 4 is 46.7 Å². The van der Waals surface area contributed by atoms with Crippen molar-refractivity contribution in [1.82, 2.24) is 19.9 Å². The number of oxime groups is 1. The monoisotopic (exact) mass is 706 g/mol. The van der Waals surface area contributed by atoms with Gasteiger partial charge in [0.15, 0.2) is 5.84 Å². The zero-order valence-electron chi connectivity index (χ0n) is 28.2. The molecule has 0 aliphatic carbocycles. The van der Waals surface area contributed by atoms with Gasteiger partial charge in [0.2, 0.25) is 11.7 Å². The summed E-state index contributed by atoms with van der Waals surface area (Å²) < 4.78 is 16.0. The molecule has 2 aliphatic rings. The summed E-state index contributed by atoms with van der Waals surface area (Å²) in [6, 6.07) is 7.58. The molecule has 0 radical (unpaired) electrons. The number of amidine groups is 1. The molecule has 264 valence electrons. The van der Waals surface area contributed by atoms with Crippen LogP contribution in [-0.4, -0.2) is 91.6 Å². The van der Waals surface area contributed by atoms with Crippen LogP contribution < -0.4 is 5.73 Å². The lowest BCUT2D eigenvalue weighted by atomic mass is 9.97. The molecule has 0 atom stereocenters. The quantitative estimate of drug-likeness (QED) is 0.116. The van der Waals surface area contributed by atoms with E-state index in [2.05, 4.69) is 15.3 Å². The van der Waals surface area contributed by atoms with E-state index in [4.69, 9.17) is 30.0 Å². The maximum absolute atomic E-state index is 12.1. The predicted molar refractivity (Wildman–Crippen MR) is 182 cm³/mol. The molecule has 0 bridgehead atoms. The van der Waals surface area contributed by atoms with Crippen LogP contribution in [-0.2, 0) is 14.3 Å². The summed E-state index contributed by atoms with van der Waals surface area (Å²) in [5.41, 5.74) is 4.29. The van der Waals surface area contributed by atoms with Crippen molar-refractivity contribution < 1.29 is 38.7 Å². The first-order valence-electron chi connectivity index (χ1n) is 15.6. The fourth-order valence-electron chi connectivity index (χ4n) is 4.65. The van der Waals surface area contributed by atoms with Crippen LogP contribution in [0.1, 0.15) is 83.9 Å². The van der Waals surface area contributed by atoms with Gasteiger partial charge in [-0.15, -0.1) is 22.7 Å². The lowest BCUT2D eigenvalue weighted by Gasteiger charge is -2.32. The van der Waals surface area contributed by atoms with Gasteiger partial charge in [-0.05, 0) is 90.1 Å². The fraction of sp³-hybridized carbons (Fsp3) is 0.562. The molecule has 16 heteroatoms. The number of thiophene rings is 2. The van der Waals surface area contributed by atoms with Crippen molar-refractivity contribution in [2.24, 2.45) is 16.8 Å². The molecule has 4 N–H and O–H groups in total. The van der Waals surface area contributed by atoms with Gasteiger partial charge in [-0.25, -0.2) is 9.59 Å². The molecule has 5 rings (SSSR count). The Bertz CT molecular complexity index is 1460. The number of piperidine rings is 2. The number of nitrogens with zero attached hydrogens (tertiary/aromatic N) is 5. The Morgan fingerprint density at radius 2 is 1.42 bits per heavy atom. The van der Waals surface area contributed by atoms with Crippen molar-refractivity contribution in [1.29, 1.82) is 0 Å². The Balaban J connectivity index is 0.000000216. The molecule has 5 heterocycles. The smallest absolute Gasteiger partial charge is 0.410 e.